The molecule has 24 heavy (non-hydrogen) atoms. The van der Waals surface area contributed by atoms with E-state index in [0.717, 1.165) is 19.5 Å². The van der Waals surface area contributed by atoms with Gasteiger partial charge in [0.05, 0.1) is 11.7 Å². The van der Waals surface area contributed by atoms with E-state index in [4.69, 9.17) is 0 Å². The Balaban J connectivity index is 1.65. The molecule has 0 unspecified atom stereocenters. The van der Waals surface area contributed by atoms with E-state index in [1.807, 2.05) is 20.8 Å². The first-order valence-electron chi connectivity index (χ1n) is 8.90. The van der Waals surface area contributed by atoms with Gasteiger partial charge in [0.2, 0.25) is 5.95 Å². The number of hydrogen-bond acceptors (Lipinski definition) is 5. The number of rotatable bonds is 5. The van der Waals surface area contributed by atoms with Crippen LogP contribution in [0.25, 0.3) is 11.0 Å². The SMILES string of the molecule is CC(C)(C)n1ncc2c(=O)[nH]c(NCCCN3CCCCC3)nc21. The van der Waals surface area contributed by atoms with Crippen molar-refractivity contribution in [3.8, 4) is 0 Å². The molecule has 0 bridgehead atoms. The van der Waals surface area contributed by atoms with E-state index >= 15 is 0 Å². The second-order valence-electron chi connectivity index (χ2n) is 7.56. The van der Waals surface area contributed by atoms with Gasteiger partial charge in [-0.3, -0.25) is 9.78 Å². The van der Waals surface area contributed by atoms with Crippen molar-refractivity contribution in [2.45, 2.75) is 52.0 Å². The molecule has 132 valence electrons. The number of hydrogen-bond donors (Lipinski definition) is 2. The average molecular weight is 332 g/mol. The normalized spacial score (nSPS) is 16.6. The lowest BCUT2D eigenvalue weighted by Gasteiger charge is -2.26. The maximum Gasteiger partial charge on any atom is 0.263 e. The molecule has 2 aromatic rings. The van der Waals surface area contributed by atoms with Crippen molar-refractivity contribution in [1.82, 2.24) is 24.6 Å². The predicted octanol–water partition coefficient (Wildman–Crippen LogP) is 2.16. The zero-order chi connectivity index (χ0) is 17.2. The highest BCUT2D eigenvalue weighted by atomic mass is 16.1. The summed E-state index contributed by atoms with van der Waals surface area (Å²) in [6.07, 6.45) is 6.62. The third kappa shape index (κ3) is 3.77. The van der Waals surface area contributed by atoms with Crippen LogP contribution in [0.2, 0.25) is 0 Å². The Morgan fingerprint density at radius 2 is 2.00 bits per heavy atom. The van der Waals surface area contributed by atoms with E-state index in [2.05, 4.69) is 25.3 Å². The molecule has 7 heteroatoms. The molecular formula is C17H28N6O. The van der Waals surface area contributed by atoms with Crippen molar-refractivity contribution in [2.75, 3.05) is 31.5 Å². The van der Waals surface area contributed by atoms with E-state index < -0.39 is 0 Å². The van der Waals surface area contributed by atoms with Crippen LogP contribution in [-0.2, 0) is 5.54 Å². The fourth-order valence-corrected chi connectivity index (χ4v) is 3.19. The molecule has 0 amide bonds. The first-order valence-corrected chi connectivity index (χ1v) is 8.90. The summed E-state index contributed by atoms with van der Waals surface area (Å²) in [5.74, 6) is 0.525. The molecule has 0 aliphatic carbocycles. The van der Waals surface area contributed by atoms with E-state index in [-0.39, 0.29) is 11.1 Å². The molecular weight excluding hydrogens is 304 g/mol. The molecule has 2 aromatic heterocycles. The topological polar surface area (TPSA) is 78.8 Å². The van der Waals surface area contributed by atoms with Crippen molar-refractivity contribution < 1.29 is 0 Å². The molecule has 0 saturated carbocycles. The van der Waals surface area contributed by atoms with Crippen molar-refractivity contribution in [3.05, 3.63) is 16.6 Å². The minimum atomic E-state index is -0.214. The van der Waals surface area contributed by atoms with Gasteiger partial charge in [-0.1, -0.05) is 6.42 Å². The Morgan fingerprint density at radius 3 is 2.71 bits per heavy atom. The molecule has 7 nitrogen and oxygen atoms in total. The molecule has 1 aliphatic heterocycles. The van der Waals surface area contributed by atoms with E-state index in [0.29, 0.717) is 17.0 Å². The Labute approximate surface area is 142 Å². The van der Waals surface area contributed by atoms with Gasteiger partial charge in [0.15, 0.2) is 5.65 Å². The fraction of sp³-hybridized carbons (Fsp3) is 0.706. The largest absolute Gasteiger partial charge is 0.356 e. The molecule has 3 rings (SSSR count). The minimum absolute atomic E-state index is 0.144. The zero-order valence-electron chi connectivity index (χ0n) is 14.9. The summed E-state index contributed by atoms with van der Waals surface area (Å²) in [4.78, 5) is 22.1. The zero-order valence-corrected chi connectivity index (χ0v) is 14.9. The van der Waals surface area contributed by atoms with E-state index in [1.54, 1.807) is 10.9 Å². The highest BCUT2D eigenvalue weighted by Crippen LogP contribution is 2.18. The lowest BCUT2D eigenvalue weighted by molar-refractivity contribution is 0.228. The number of nitrogens with zero attached hydrogens (tertiary/aromatic N) is 4. The monoisotopic (exact) mass is 332 g/mol. The Kier molecular flexibility index (Phi) is 4.89. The summed E-state index contributed by atoms with van der Waals surface area (Å²) in [6, 6.07) is 0. The van der Waals surface area contributed by atoms with Crippen LogP contribution in [0, 0.1) is 0 Å². The number of nitrogens with one attached hydrogen (secondary N) is 2. The van der Waals surface area contributed by atoms with Crippen molar-refractivity contribution in [1.29, 1.82) is 0 Å². The summed E-state index contributed by atoms with van der Waals surface area (Å²) in [6.45, 7) is 10.5. The molecule has 1 aliphatic rings. The number of aromatic amines is 1. The smallest absolute Gasteiger partial charge is 0.263 e. The summed E-state index contributed by atoms with van der Waals surface area (Å²) in [5.41, 5.74) is 0.271. The van der Waals surface area contributed by atoms with Crippen molar-refractivity contribution in [2.24, 2.45) is 0 Å². The number of H-pyrrole nitrogens is 1. The van der Waals surface area contributed by atoms with Crippen LogP contribution in [0.3, 0.4) is 0 Å². The van der Waals surface area contributed by atoms with Crippen LogP contribution in [-0.4, -0.2) is 50.8 Å². The lowest BCUT2D eigenvalue weighted by Crippen LogP contribution is -2.31. The lowest BCUT2D eigenvalue weighted by atomic mass is 10.1. The maximum absolute atomic E-state index is 12.2. The highest BCUT2D eigenvalue weighted by molar-refractivity contribution is 5.74. The van der Waals surface area contributed by atoms with Crippen LogP contribution in [0.1, 0.15) is 46.5 Å². The van der Waals surface area contributed by atoms with Gasteiger partial charge < -0.3 is 10.2 Å². The van der Waals surface area contributed by atoms with Gasteiger partial charge in [0.25, 0.3) is 5.56 Å². The third-order valence-corrected chi connectivity index (χ3v) is 4.47. The number of anilines is 1. The standard InChI is InChI=1S/C17H28N6O/c1-17(2,3)23-14-13(12-19-23)15(24)21-16(20-14)18-8-7-11-22-9-5-4-6-10-22/h12H,4-11H2,1-3H3,(H2,18,20,21,24). The summed E-state index contributed by atoms with van der Waals surface area (Å²) in [7, 11) is 0. The second kappa shape index (κ2) is 6.93. The molecule has 2 N–H and O–H groups in total. The van der Waals surface area contributed by atoms with E-state index in [1.165, 1.54) is 32.4 Å². The maximum atomic E-state index is 12.2. The van der Waals surface area contributed by atoms with Gasteiger partial charge in [-0.05, 0) is 59.7 Å². The van der Waals surface area contributed by atoms with Crippen LogP contribution < -0.4 is 10.9 Å². The van der Waals surface area contributed by atoms with Gasteiger partial charge in [0.1, 0.15) is 5.39 Å². The summed E-state index contributed by atoms with van der Waals surface area (Å²) < 4.78 is 1.80. The molecule has 3 heterocycles. The van der Waals surface area contributed by atoms with Crippen molar-refractivity contribution >= 4 is 17.0 Å². The second-order valence-corrected chi connectivity index (χ2v) is 7.56. The molecule has 0 aromatic carbocycles. The molecule has 0 radical (unpaired) electrons. The first kappa shape index (κ1) is 17.0. The fourth-order valence-electron chi connectivity index (χ4n) is 3.19. The average Bonchev–Trinajstić information content (AvgIpc) is 2.97. The van der Waals surface area contributed by atoms with Gasteiger partial charge in [0, 0.05) is 6.54 Å². The molecule has 1 saturated heterocycles. The van der Waals surface area contributed by atoms with Gasteiger partial charge >= 0.3 is 0 Å². The Bertz CT molecular complexity index is 736. The van der Waals surface area contributed by atoms with Gasteiger partial charge in [-0.25, -0.2) is 4.68 Å². The van der Waals surface area contributed by atoms with Crippen LogP contribution >= 0.6 is 0 Å². The number of fused-ring (bicyclic) bond motifs is 1. The Hall–Kier alpha value is -1.89. The first-order chi connectivity index (χ1) is 11.4. The van der Waals surface area contributed by atoms with Gasteiger partial charge in [-0.15, -0.1) is 0 Å². The number of piperidine rings is 1. The van der Waals surface area contributed by atoms with Gasteiger partial charge in [-0.2, -0.15) is 10.1 Å². The number of likely N-dealkylation sites (tertiary alicyclic amines) is 1. The van der Waals surface area contributed by atoms with Crippen LogP contribution in [0.4, 0.5) is 5.95 Å². The van der Waals surface area contributed by atoms with E-state index in [9.17, 15) is 4.79 Å². The summed E-state index contributed by atoms with van der Waals surface area (Å²) in [5, 5.41) is 8.11. The van der Waals surface area contributed by atoms with Crippen LogP contribution in [0.15, 0.2) is 11.0 Å². The molecule has 1 fully saturated rings. The summed E-state index contributed by atoms with van der Waals surface area (Å²) >= 11 is 0. The molecule has 0 atom stereocenters. The Morgan fingerprint density at radius 1 is 1.25 bits per heavy atom. The highest BCUT2D eigenvalue weighted by Gasteiger charge is 2.19. The molecule has 0 spiro atoms. The predicted molar refractivity (Wildman–Crippen MR) is 96.5 cm³/mol. The number of aromatic nitrogens is 4. The minimum Gasteiger partial charge on any atom is -0.356 e. The van der Waals surface area contributed by atoms with Crippen molar-refractivity contribution in [3.63, 3.8) is 0 Å². The third-order valence-electron chi connectivity index (χ3n) is 4.47. The van der Waals surface area contributed by atoms with Crippen LogP contribution in [0.5, 0.6) is 0 Å². The quantitative estimate of drug-likeness (QED) is 0.820.